The van der Waals surface area contributed by atoms with Gasteiger partial charge in [-0.05, 0) is 31.5 Å². The lowest BCUT2D eigenvalue weighted by molar-refractivity contribution is -0.138. The predicted molar refractivity (Wildman–Crippen MR) is 76.0 cm³/mol. The maximum absolute atomic E-state index is 10.9. The molecule has 3 nitrogen and oxygen atoms in total. The number of carbonyl (C=O) groups is 1. The van der Waals surface area contributed by atoms with Crippen molar-refractivity contribution in [3.8, 4) is 10.6 Å². The molecule has 0 saturated heterocycles. The Hall–Kier alpha value is -1.20. The zero-order chi connectivity index (χ0) is 13.3. The molecule has 94 valence electrons. The quantitative estimate of drug-likeness (QED) is 0.925. The normalized spacial score (nSPS) is 12.4. The van der Waals surface area contributed by atoms with Gasteiger partial charge in [-0.1, -0.05) is 22.0 Å². The van der Waals surface area contributed by atoms with Gasteiger partial charge >= 0.3 is 5.97 Å². The minimum Gasteiger partial charge on any atom is -0.481 e. The first-order valence-electron chi connectivity index (χ1n) is 5.44. The van der Waals surface area contributed by atoms with E-state index in [9.17, 15) is 4.79 Å². The Bertz CT molecular complexity index is 594. The number of hydrogen-bond acceptors (Lipinski definition) is 3. The molecule has 1 aromatic carbocycles. The number of aromatic nitrogens is 1. The van der Waals surface area contributed by atoms with Crippen molar-refractivity contribution < 1.29 is 9.90 Å². The molecule has 2 rings (SSSR count). The van der Waals surface area contributed by atoms with Crippen LogP contribution in [0.25, 0.3) is 10.6 Å². The van der Waals surface area contributed by atoms with Crippen LogP contribution < -0.4 is 0 Å². The van der Waals surface area contributed by atoms with E-state index in [0.29, 0.717) is 5.69 Å². The standard InChI is InChI=1S/C13H12BrNO2S/c1-7-3-4-9(14)5-10(7)12-15-11(6-18-12)8(2)13(16)17/h3-6,8H,1-2H3,(H,16,17). The zero-order valence-corrected chi connectivity index (χ0v) is 12.4. The third-order valence-electron chi connectivity index (χ3n) is 2.77. The van der Waals surface area contributed by atoms with Gasteiger partial charge in [0.05, 0.1) is 11.6 Å². The number of nitrogens with zero attached hydrogens (tertiary/aromatic N) is 1. The fourth-order valence-electron chi connectivity index (χ4n) is 1.56. The van der Waals surface area contributed by atoms with Gasteiger partial charge in [0.15, 0.2) is 0 Å². The fourth-order valence-corrected chi connectivity index (χ4v) is 2.92. The summed E-state index contributed by atoms with van der Waals surface area (Å²) in [4.78, 5) is 15.3. The lowest BCUT2D eigenvalue weighted by atomic mass is 10.1. The lowest BCUT2D eigenvalue weighted by Crippen LogP contribution is -2.07. The van der Waals surface area contributed by atoms with Crippen molar-refractivity contribution >= 4 is 33.2 Å². The van der Waals surface area contributed by atoms with Crippen molar-refractivity contribution in [3.05, 3.63) is 39.3 Å². The van der Waals surface area contributed by atoms with Gasteiger partial charge in [0.1, 0.15) is 5.01 Å². The summed E-state index contributed by atoms with van der Waals surface area (Å²) in [6.45, 7) is 3.67. The Morgan fingerprint density at radius 3 is 2.89 bits per heavy atom. The molecule has 2 aromatic rings. The molecule has 18 heavy (non-hydrogen) atoms. The topological polar surface area (TPSA) is 50.2 Å². The van der Waals surface area contributed by atoms with Gasteiger partial charge in [0, 0.05) is 15.4 Å². The van der Waals surface area contributed by atoms with Crippen molar-refractivity contribution in [1.29, 1.82) is 0 Å². The van der Waals surface area contributed by atoms with Crippen LogP contribution in [0.1, 0.15) is 24.1 Å². The van der Waals surface area contributed by atoms with Crippen molar-refractivity contribution in [2.24, 2.45) is 0 Å². The first kappa shape index (κ1) is 13.2. The Kier molecular flexibility index (Phi) is 3.82. The van der Waals surface area contributed by atoms with E-state index in [2.05, 4.69) is 20.9 Å². The van der Waals surface area contributed by atoms with E-state index in [1.807, 2.05) is 30.5 Å². The second-order valence-electron chi connectivity index (χ2n) is 4.10. The van der Waals surface area contributed by atoms with Gasteiger partial charge in [-0.15, -0.1) is 11.3 Å². The molecule has 1 aromatic heterocycles. The Morgan fingerprint density at radius 2 is 2.22 bits per heavy atom. The minimum absolute atomic E-state index is 0.567. The summed E-state index contributed by atoms with van der Waals surface area (Å²) in [7, 11) is 0. The van der Waals surface area contributed by atoms with E-state index < -0.39 is 11.9 Å². The van der Waals surface area contributed by atoms with Crippen LogP contribution >= 0.6 is 27.3 Å². The highest BCUT2D eigenvalue weighted by Crippen LogP contribution is 2.31. The zero-order valence-electron chi connectivity index (χ0n) is 9.98. The molecule has 1 unspecified atom stereocenters. The van der Waals surface area contributed by atoms with Crippen molar-refractivity contribution in [2.45, 2.75) is 19.8 Å². The molecule has 0 aliphatic rings. The summed E-state index contributed by atoms with van der Waals surface area (Å²) < 4.78 is 0.992. The first-order chi connectivity index (χ1) is 8.49. The van der Waals surface area contributed by atoms with Gasteiger partial charge in [0.25, 0.3) is 0 Å². The Labute approximate surface area is 118 Å². The summed E-state index contributed by atoms with van der Waals surface area (Å²) in [5.41, 5.74) is 2.78. The summed E-state index contributed by atoms with van der Waals surface area (Å²) in [5.74, 6) is -1.42. The molecule has 1 N–H and O–H groups in total. The van der Waals surface area contributed by atoms with Crippen LogP contribution in [-0.4, -0.2) is 16.1 Å². The maximum atomic E-state index is 10.9. The van der Waals surface area contributed by atoms with Gasteiger partial charge in [-0.25, -0.2) is 4.98 Å². The van der Waals surface area contributed by atoms with Gasteiger partial charge < -0.3 is 5.11 Å². The highest BCUT2D eigenvalue weighted by Gasteiger charge is 2.18. The molecule has 1 atom stereocenters. The average molecular weight is 326 g/mol. The Morgan fingerprint density at radius 1 is 1.50 bits per heavy atom. The van der Waals surface area contributed by atoms with Gasteiger partial charge in [0.2, 0.25) is 0 Å². The van der Waals surface area contributed by atoms with E-state index in [1.165, 1.54) is 11.3 Å². The smallest absolute Gasteiger partial charge is 0.312 e. The molecule has 0 saturated carbocycles. The molecule has 5 heteroatoms. The van der Waals surface area contributed by atoms with E-state index in [1.54, 1.807) is 6.92 Å². The Balaban J connectivity index is 2.41. The summed E-state index contributed by atoms with van der Waals surface area (Å²) in [6.07, 6.45) is 0. The monoisotopic (exact) mass is 325 g/mol. The van der Waals surface area contributed by atoms with Crippen molar-refractivity contribution in [2.75, 3.05) is 0 Å². The molecule has 0 radical (unpaired) electrons. The third kappa shape index (κ3) is 2.62. The van der Waals surface area contributed by atoms with Crippen LogP contribution in [0.3, 0.4) is 0 Å². The first-order valence-corrected chi connectivity index (χ1v) is 7.11. The van der Waals surface area contributed by atoms with Crippen molar-refractivity contribution in [1.82, 2.24) is 4.98 Å². The van der Waals surface area contributed by atoms with E-state index in [4.69, 9.17) is 5.11 Å². The largest absolute Gasteiger partial charge is 0.481 e. The van der Waals surface area contributed by atoms with Crippen LogP contribution in [0, 0.1) is 6.92 Å². The molecule has 0 amide bonds. The molecule has 0 fully saturated rings. The van der Waals surface area contributed by atoms with E-state index in [0.717, 1.165) is 20.6 Å². The molecular formula is C13H12BrNO2S. The van der Waals surface area contributed by atoms with Crippen LogP contribution in [0.4, 0.5) is 0 Å². The molecule has 0 bridgehead atoms. The lowest BCUT2D eigenvalue weighted by Gasteiger charge is -2.03. The third-order valence-corrected chi connectivity index (χ3v) is 4.15. The number of carboxylic acids is 1. The van der Waals surface area contributed by atoms with Crippen LogP contribution in [0.5, 0.6) is 0 Å². The molecule has 0 aliphatic carbocycles. The van der Waals surface area contributed by atoms with Gasteiger partial charge in [-0.3, -0.25) is 4.79 Å². The summed E-state index contributed by atoms with van der Waals surface area (Å²) in [6, 6.07) is 6.00. The molecule has 0 aliphatic heterocycles. The van der Waals surface area contributed by atoms with Crippen molar-refractivity contribution in [3.63, 3.8) is 0 Å². The number of halogens is 1. The summed E-state index contributed by atoms with van der Waals surface area (Å²) in [5, 5.41) is 11.6. The van der Waals surface area contributed by atoms with E-state index >= 15 is 0 Å². The van der Waals surface area contributed by atoms with E-state index in [-0.39, 0.29) is 0 Å². The molecular weight excluding hydrogens is 314 g/mol. The van der Waals surface area contributed by atoms with Crippen LogP contribution in [0.15, 0.2) is 28.1 Å². The second-order valence-corrected chi connectivity index (χ2v) is 5.87. The highest BCUT2D eigenvalue weighted by atomic mass is 79.9. The summed E-state index contributed by atoms with van der Waals surface area (Å²) >= 11 is 4.91. The second kappa shape index (κ2) is 5.20. The SMILES string of the molecule is Cc1ccc(Br)cc1-c1nc(C(C)C(=O)O)cs1. The average Bonchev–Trinajstić information content (AvgIpc) is 2.80. The van der Waals surface area contributed by atoms with Crippen LogP contribution in [0.2, 0.25) is 0 Å². The molecule has 0 spiro atoms. The number of rotatable bonds is 3. The van der Waals surface area contributed by atoms with Crippen LogP contribution in [-0.2, 0) is 4.79 Å². The maximum Gasteiger partial charge on any atom is 0.312 e. The number of aryl methyl sites for hydroxylation is 1. The number of thiazole rings is 1. The fraction of sp³-hybridized carbons (Fsp3) is 0.231. The highest BCUT2D eigenvalue weighted by molar-refractivity contribution is 9.10. The number of aliphatic carboxylic acids is 1. The predicted octanol–water partition coefficient (Wildman–Crippen LogP) is 4.07. The molecule has 1 heterocycles. The minimum atomic E-state index is -0.849. The van der Waals surface area contributed by atoms with Gasteiger partial charge in [-0.2, -0.15) is 0 Å². The number of hydrogen-bond donors (Lipinski definition) is 1. The number of carboxylic acid groups (broad SMARTS) is 1. The number of benzene rings is 1.